The zero-order valence-corrected chi connectivity index (χ0v) is 10.7. The third-order valence-electron chi connectivity index (χ3n) is 2.49. The fraction of sp³-hybridized carbons (Fsp3) is 1.00. The molecule has 0 fully saturated rings. The van der Waals surface area contributed by atoms with Gasteiger partial charge in [0.1, 0.15) is 0 Å². The maximum absolute atomic E-state index is 13.6. The Morgan fingerprint density at radius 2 is 1.00 bits per heavy atom. The number of hydrogen-bond donors (Lipinski definition) is 0. The molecule has 0 spiro atoms. The molecule has 0 aliphatic carbocycles. The number of halogens is 13. The van der Waals surface area contributed by atoms with E-state index in [9.17, 15) is 57.1 Å². The van der Waals surface area contributed by atoms with Crippen LogP contribution in [0, 0.1) is 0 Å². The van der Waals surface area contributed by atoms with Crippen molar-refractivity contribution in [2.75, 3.05) is 6.61 Å². The summed E-state index contributed by atoms with van der Waals surface area (Å²) >= 11 is 0. The second kappa shape index (κ2) is 5.84. The molecule has 0 radical (unpaired) electrons. The summed E-state index contributed by atoms with van der Waals surface area (Å²) in [5.41, 5.74) is -7.77. The SMILES string of the molecule is CCCOC(F)(C(F)(F)F)C(F)(C(F)(F)F)C(F)(F)C(F)(F)F. The maximum Gasteiger partial charge on any atom is 0.457 e. The molecule has 0 saturated heterocycles. The van der Waals surface area contributed by atoms with Crippen molar-refractivity contribution in [3.63, 3.8) is 0 Å². The summed E-state index contributed by atoms with van der Waals surface area (Å²) in [7, 11) is 0. The van der Waals surface area contributed by atoms with Gasteiger partial charge in [-0.25, -0.2) is 4.39 Å². The van der Waals surface area contributed by atoms with Crippen LogP contribution in [0.5, 0.6) is 0 Å². The van der Waals surface area contributed by atoms with Crippen LogP contribution in [-0.2, 0) is 4.74 Å². The number of rotatable bonds is 5. The normalized spacial score (nSPS) is 20.1. The topological polar surface area (TPSA) is 9.23 Å². The van der Waals surface area contributed by atoms with Crippen molar-refractivity contribution >= 4 is 0 Å². The van der Waals surface area contributed by atoms with E-state index in [0.29, 0.717) is 0 Å². The van der Waals surface area contributed by atoms with Gasteiger partial charge in [-0.2, -0.15) is 52.7 Å². The van der Waals surface area contributed by atoms with E-state index in [1.165, 1.54) is 0 Å². The number of hydrogen-bond acceptors (Lipinski definition) is 1. The number of alkyl halides is 13. The average Bonchev–Trinajstić information content (AvgIpc) is 2.30. The Labute approximate surface area is 119 Å². The lowest BCUT2D eigenvalue weighted by Gasteiger charge is -2.44. The van der Waals surface area contributed by atoms with Gasteiger partial charge in [0.15, 0.2) is 0 Å². The summed E-state index contributed by atoms with van der Waals surface area (Å²) in [5.74, 6) is -14.8. The first-order valence-electron chi connectivity index (χ1n) is 5.41. The van der Waals surface area contributed by atoms with Gasteiger partial charge in [-0.1, -0.05) is 6.92 Å². The van der Waals surface area contributed by atoms with E-state index in [1.807, 2.05) is 0 Å². The smallest absolute Gasteiger partial charge is 0.336 e. The van der Waals surface area contributed by atoms with E-state index in [2.05, 4.69) is 4.74 Å². The van der Waals surface area contributed by atoms with Crippen molar-refractivity contribution in [2.24, 2.45) is 0 Å². The van der Waals surface area contributed by atoms with Crippen LogP contribution >= 0.6 is 0 Å². The maximum atomic E-state index is 13.6. The van der Waals surface area contributed by atoms with Crippen LogP contribution in [0.15, 0.2) is 0 Å². The quantitative estimate of drug-likeness (QED) is 0.605. The van der Waals surface area contributed by atoms with Crippen LogP contribution in [-0.4, -0.2) is 42.6 Å². The Morgan fingerprint density at radius 1 is 0.609 bits per heavy atom. The van der Waals surface area contributed by atoms with Gasteiger partial charge in [0, 0.05) is 0 Å². The summed E-state index contributed by atoms with van der Waals surface area (Å²) in [4.78, 5) is 0. The van der Waals surface area contributed by atoms with Gasteiger partial charge in [0.05, 0.1) is 6.61 Å². The Kier molecular flexibility index (Phi) is 5.60. The molecule has 0 aliphatic heterocycles. The van der Waals surface area contributed by atoms with Crippen LogP contribution in [0.1, 0.15) is 13.3 Å². The minimum atomic E-state index is -7.80. The zero-order valence-electron chi connectivity index (χ0n) is 10.7. The number of ether oxygens (including phenoxy) is 1. The average molecular weight is 378 g/mol. The van der Waals surface area contributed by atoms with E-state index < -0.39 is 49.0 Å². The molecule has 0 aromatic carbocycles. The summed E-state index contributed by atoms with van der Waals surface area (Å²) in [5, 5.41) is 0. The Balaban J connectivity index is 6.68. The van der Waals surface area contributed by atoms with Crippen LogP contribution in [0.3, 0.4) is 0 Å². The van der Waals surface area contributed by atoms with Gasteiger partial charge in [0.2, 0.25) is 0 Å². The van der Waals surface area contributed by atoms with Gasteiger partial charge in [0.25, 0.3) is 0 Å². The molecule has 0 aromatic heterocycles. The summed E-state index contributed by atoms with van der Waals surface area (Å²) in [6.07, 6.45) is -23.0. The van der Waals surface area contributed by atoms with Crippen LogP contribution in [0.2, 0.25) is 0 Å². The first-order chi connectivity index (χ1) is 9.81. The van der Waals surface area contributed by atoms with E-state index in [-0.39, 0.29) is 0 Å². The fourth-order valence-electron chi connectivity index (χ4n) is 1.38. The van der Waals surface area contributed by atoms with Gasteiger partial charge in [-0.3, -0.25) is 0 Å². The lowest BCUT2D eigenvalue weighted by molar-refractivity contribution is -0.480. The second-order valence-electron chi connectivity index (χ2n) is 4.17. The predicted molar refractivity (Wildman–Crippen MR) is 47.0 cm³/mol. The van der Waals surface area contributed by atoms with Crippen molar-refractivity contribution in [2.45, 2.75) is 49.3 Å². The first kappa shape index (κ1) is 22.1. The molecule has 0 saturated carbocycles. The van der Waals surface area contributed by atoms with E-state index >= 15 is 0 Å². The minimum absolute atomic E-state index is 0.743. The summed E-state index contributed by atoms with van der Waals surface area (Å²) in [6, 6.07) is 0. The molecule has 2 unspecified atom stereocenters. The lowest BCUT2D eigenvalue weighted by Crippen LogP contribution is -2.76. The van der Waals surface area contributed by atoms with Gasteiger partial charge < -0.3 is 4.74 Å². The van der Waals surface area contributed by atoms with Crippen molar-refractivity contribution in [3.8, 4) is 0 Å². The van der Waals surface area contributed by atoms with Gasteiger partial charge in [-0.05, 0) is 6.42 Å². The fourth-order valence-corrected chi connectivity index (χ4v) is 1.38. The second-order valence-corrected chi connectivity index (χ2v) is 4.17. The third kappa shape index (κ3) is 3.18. The minimum Gasteiger partial charge on any atom is -0.336 e. The molecule has 0 aromatic rings. The van der Waals surface area contributed by atoms with E-state index in [0.717, 1.165) is 6.92 Å². The van der Waals surface area contributed by atoms with Crippen LogP contribution in [0.4, 0.5) is 57.1 Å². The highest BCUT2D eigenvalue weighted by Crippen LogP contribution is 2.62. The van der Waals surface area contributed by atoms with Gasteiger partial charge in [-0.15, -0.1) is 0 Å². The largest absolute Gasteiger partial charge is 0.457 e. The molecule has 0 bridgehead atoms. The van der Waals surface area contributed by atoms with Crippen molar-refractivity contribution in [1.29, 1.82) is 0 Å². The van der Waals surface area contributed by atoms with E-state index in [1.54, 1.807) is 0 Å². The molecular formula is C9H7F13O. The highest BCUT2D eigenvalue weighted by molar-refractivity contribution is 5.14. The third-order valence-corrected chi connectivity index (χ3v) is 2.49. The highest BCUT2D eigenvalue weighted by Gasteiger charge is 2.94. The standard InChI is InChI=1S/C9H7F13O/c1-2-3-23-6(13,9(20,21)22)4(10,7(14,15)16)5(11,12)8(17,18)19/h2-3H2,1H3. The molecule has 0 rings (SSSR count). The van der Waals surface area contributed by atoms with E-state index in [4.69, 9.17) is 0 Å². The zero-order chi connectivity index (χ0) is 19.1. The molecule has 0 aliphatic rings. The van der Waals surface area contributed by atoms with Crippen molar-refractivity contribution < 1.29 is 61.8 Å². The summed E-state index contributed by atoms with van der Waals surface area (Å²) in [6.45, 7) is -0.863. The van der Waals surface area contributed by atoms with Crippen molar-refractivity contribution in [3.05, 3.63) is 0 Å². The molecule has 14 heteroatoms. The summed E-state index contributed by atoms with van der Waals surface area (Å²) < 4.78 is 166. The molecule has 140 valence electrons. The Hall–Kier alpha value is -0.950. The van der Waals surface area contributed by atoms with Crippen LogP contribution in [0.25, 0.3) is 0 Å². The lowest BCUT2D eigenvalue weighted by atomic mass is 9.86. The molecule has 0 amide bonds. The molecule has 2 atom stereocenters. The Morgan fingerprint density at radius 3 is 1.22 bits per heavy atom. The monoisotopic (exact) mass is 378 g/mol. The van der Waals surface area contributed by atoms with Gasteiger partial charge >= 0.3 is 36.0 Å². The Bertz CT molecular complexity index is 407. The predicted octanol–water partition coefficient (Wildman–Crippen LogP) is 5.11. The molecule has 23 heavy (non-hydrogen) atoms. The molecular weight excluding hydrogens is 371 g/mol. The molecule has 0 N–H and O–H groups in total. The molecule has 0 heterocycles. The van der Waals surface area contributed by atoms with Crippen LogP contribution < -0.4 is 0 Å². The molecule has 1 nitrogen and oxygen atoms in total. The highest BCUT2D eigenvalue weighted by atomic mass is 19.4. The van der Waals surface area contributed by atoms with Crippen molar-refractivity contribution in [1.82, 2.24) is 0 Å². The first-order valence-corrected chi connectivity index (χ1v) is 5.41.